The normalized spacial score (nSPS) is 10.2. The first-order valence-electron chi connectivity index (χ1n) is 4.44. The van der Waals surface area contributed by atoms with Crippen molar-refractivity contribution in [2.24, 2.45) is 0 Å². The van der Waals surface area contributed by atoms with Crippen molar-refractivity contribution < 1.29 is 9.47 Å². The van der Waals surface area contributed by atoms with Gasteiger partial charge in [-0.2, -0.15) is 0 Å². The van der Waals surface area contributed by atoms with Gasteiger partial charge in [-0.05, 0) is 44.5 Å². The molecule has 1 rings (SSSR count). The molecular weight excluding hydrogens is 164 g/mol. The third-order valence-corrected chi connectivity index (χ3v) is 1.74. The molecule has 0 aliphatic rings. The summed E-state index contributed by atoms with van der Waals surface area (Å²) >= 11 is 0. The number of aryl methyl sites for hydroxylation is 1. The molecule has 0 saturated carbocycles. The van der Waals surface area contributed by atoms with Crippen LogP contribution in [0.3, 0.4) is 0 Å². The van der Waals surface area contributed by atoms with Crippen molar-refractivity contribution in [3.63, 3.8) is 0 Å². The van der Waals surface area contributed by atoms with Crippen molar-refractivity contribution in [1.29, 1.82) is 0 Å². The maximum atomic E-state index is 5.54. The number of benzene rings is 1. The predicted octanol–water partition coefficient (Wildman–Crippen LogP) is 2.79. The fraction of sp³-hybridized carbons (Fsp3) is 0.455. The van der Waals surface area contributed by atoms with Crippen molar-refractivity contribution >= 4 is 0 Å². The number of methoxy groups -OCH3 is 1. The lowest BCUT2D eigenvalue weighted by Crippen LogP contribution is -2.05. The van der Waals surface area contributed by atoms with E-state index in [9.17, 15) is 0 Å². The average Bonchev–Trinajstić information content (AvgIpc) is 2.03. The Morgan fingerprint density at radius 1 is 1.23 bits per heavy atom. The maximum Gasteiger partial charge on any atom is 0.122 e. The third-order valence-electron chi connectivity index (χ3n) is 1.74. The van der Waals surface area contributed by atoms with E-state index in [-0.39, 0.29) is 6.10 Å². The van der Waals surface area contributed by atoms with Crippen LogP contribution in [0.4, 0.5) is 0 Å². The van der Waals surface area contributed by atoms with Crippen molar-refractivity contribution in [3.8, 4) is 11.5 Å². The molecule has 0 bridgehead atoms. The van der Waals surface area contributed by atoms with Gasteiger partial charge in [-0.3, -0.25) is 0 Å². The third kappa shape index (κ3) is 2.65. The lowest BCUT2D eigenvalue weighted by Gasteiger charge is -2.11. The van der Waals surface area contributed by atoms with Crippen molar-refractivity contribution in [2.45, 2.75) is 26.9 Å². The van der Waals surface area contributed by atoms with E-state index in [2.05, 4.69) is 0 Å². The molecule has 72 valence electrons. The van der Waals surface area contributed by atoms with Gasteiger partial charge in [0.1, 0.15) is 11.5 Å². The largest absolute Gasteiger partial charge is 0.496 e. The fourth-order valence-corrected chi connectivity index (χ4v) is 1.20. The van der Waals surface area contributed by atoms with Crippen LogP contribution >= 0.6 is 0 Å². The molecule has 1 aromatic carbocycles. The van der Waals surface area contributed by atoms with Crippen molar-refractivity contribution in [2.75, 3.05) is 7.11 Å². The second-order valence-corrected chi connectivity index (χ2v) is 3.30. The second-order valence-electron chi connectivity index (χ2n) is 3.30. The van der Waals surface area contributed by atoms with Gasteiger partial charge in [0, 0.05) is 0 Å². The highest BCUT2D eigenvalue weighted by Crippen LogP contribution is 2.23. The topological polar surface area (TPSA) is 18.5 Å². The van der Waals surface area contributed by atoms with E-state index in [1.807, 2.05) is 39.0 Å². The Labute approximate surface area is 79.5 Å². The van der Waals surface area contributed by atoms with Crippen LogP contribution in [-0.2, 0) is 0 Å². The average molecular weight is 180 g/mol. The zero-order valence-corrected chi connectivity index (χ0v) is 8.63. The zero-order valence-electron chi connectivity index (χ0n) is 8.63. The molecule has 0 atom stereocenters. The van der Waals surface area contributed by atoms with Gasteiger partial charge < -0.3 is 9.47 Å². The molecular formula is C11H16O2. The molecule has 0 radical (unpaired) electrons. The minimum Gasteiger partial charge on any atom is -0.496 e. The van der Waals surface area contributed by atoms with E-state index >= 15 is 0 Å². The van der Waals surface area contributed by atoms with Gasteiger partial charge in [0.2, 0.25) is 0 Å². The van der Waals surface area contributed by atoms with Gasteiger partial charge in [0.05, 0.1) is 13.2 Å². The van der Waals surface area contributed by atoms with E-state index in [1.54, 1.807) is 7.11 Å². The van der Waals surface area contributed by atoms with E-state index in [4.69, 9.17) is 9.47 Å². The van der Waals surface area contributed by atoms with Gasteiger partial charge in [0.15, 0.2) is 0 Å². The van der Waals surface area contributed by atoms with Crippen LogP contribution < -0.4 is 9.47 Å². The van der Waals surface area contributed by atoms with Crippen LogP contribution in [0.5, 0.6) is 11.5 Å². The van der Waals surface area contributed by atoms with Crippen LogP contribution in [0.1, 0.15) is 19.4 Å². The lowest BCUT2D eigenvalue weighted by atomic mass is 10.2. The van der Waals surface area contributed by atoms with Crippen LogP contribution in [0, 0.1) is 6.92 Å². The predicted molar refractivity (Wildman–Crippen MR) is 53.5 cm³/mol. The van der Waals surface area contributed by atoms with Crippen molar-refractivity contribution in [1.82, 2.24) is 0 Å². The Hall–Kier alpha value is -1.18. The molecule has 0 spiro atoms. The molecule has 13 heavy (non-hydrogen) atoms. The summed E-state index contributed by atoms with van der Waals surface area (Å²) in [5.41, 5.74) is 1.10. The molecule has 1 aromatic rings. The van der Waals surface area contributed by atoms with E-state index in [0.29, 0.717) is 0 Å². The minimum atomic E-state index is 0.216. The summed E-state index contributed by atoms with van der Waals surface area (Å²) in [6.45, 7) is 6.03. The molecule has 0 unspecified atom stereocenters. The summed E-state index contributed by atoms with van der Waals surface area (Å²) in [5.74, 6) is 1.80. The first-order chi connectivity index (χ1) is 6.13. The highest BCUT2D eigenvalue weighted by Gasteiger charge is 2.01. The fourth-order valence-electron chi connectivity index (χ4n) is 1.20. The van der Waals surface area contributed by atoms with Gasteiger partial charge in [0.25, 0.3) is 0 Å². The first kappa shape index (κ1) is 9.90. The molecule has 2 nitrogen and oxygen atoms in total. The number of rotatable bonds is 3. The van der Waals surface area contributed by atoms with Crippen molar-refractivity contribution in [3.05, 3.63) is 23.8 Å². The maximum absolute atomic E-state index is 5.54. The van der Waals surface area contributed by atoms with E-state index < -0.39 is 0 Å². The Bertz CT molecular complexity index is 279. The molecule has 0 aliphatic carbocycles. The Balaban J connectivity index is 2.83. The van der Waals surface area contributed by atoms with Gasteiger partial charge >= 0.3 is 0 Å². The van der Waals surface area contributed by atoms with Crippen LogP contribution in [0.15, 0.2) is 18.2 Å². The molecule has 0 N–H and O–H groups in total. The lowest BCUT2D eigenvalue weighted by molar-refractivity contribution is 0.242. The monoisotopic (exact) mass is 180 g/mol. The summed E-state index contributed by atoms with van der Waals surface area (Å²) in [6.07, 6.45) is 0.216. The molecule has 2 heteroatoms. The van der Waals surface area contributed by atoms with E-state index in [1.165, 1.54) is 0 Å². The standard InChI is InChI=1S/C11H16O2/c1-8(2)13-10-5-6-11(12-4)9(3)7-10/h5-8H,1-4H3. The van der Waals surface area contributed by atoms with Crippen LogP contribution in [0.2, 0.25) is 0 Å². The highest BCUT2D eigenvalue weighted by molar-refractivity contribution is 5.39. The SMILES string of the molecule is COc1ccc(OC(C)C)cc1C. The zero-order chi connectivity index (χ0) is 9.84. The Morgan fingerprint density at radius 3 is 2.38 bits per heavy atom. The van der Waals surface area contributed by atoms with Crippen LogP contribution in [0.25, 0.3) is 0 Å². The Morgan fingerprint density at radius 2 is 1.92 bits per heavy atom. The quantitative estimate of drug-likeness (QED) is 0.712. The molecule has 0 saturated heterocycles. The minimum absolute atomic E-state index is 0.216. The highest BCUT2D eigenvalue weighted by atomic mass is 16.5. The second kappa shape index (κ2) is 4.17. The first-order valence-corrected chi connectivity index (χ1v) is 4.44. The number of hydrogen-bond donors (Lipinski definition) is 0. The Kier molecular flexibility index (Phi) is 3.18. The summed E-state index contributed by atoms with van der Waals surface area (Å²) in [6, 6.07) is 5.83. The van der Waals surface area contributed by atoms with Gasteiger partial charge in [-0.15, -0.1) is 0 Å². The summed E-state index contributed by atoms with van der Waals surface area (Å²) in [7, 11) is 1.67. The van der Waals surface area contributed by atoms with E-state index in [0.717, 1.165) is 17.1 Å². The smallest absolute Gasteiger partial charge is 0.122 e. The van der Waals surface area contributed by atoms with Gasteiger partial charge in [-0.25, -0.2) is 0 Å². The summed E-state index contributed by atoms with van der Waals surface area (Å²) in [5, 5.41) is 0. The molecule has 0 heterocycles. The van der Waals surface area contributed by atoms with Gasteiger partial charge in [-0.1, -0.05) is 0 Å². The molecule has 0 aromatic heterocycles. The molecule has 0 aliphatic heterocycles. The number of hydrogen-bond acceptors (Lipinski definition) is 2. The summed E-state index contributed by atoms with van der Waals surface area (Å²) < 4.78 is 10.7. The van der Waals surface area contributed by atoms with Crippen LogP contribution in [-0.4, -0.2) is 13.2 Å². The molecule has 0 amide bonds. The number of ether oxygens (including phenoxy) is 2. The molecule has 0 fully saturated rings. The summed E-state index contributed by atoms with van der Waals surface area (Å²) in [4.78, 5) is 0.